The molecule has 1 aromatic rings. The minimum Gasteiger partial charge on any atom is -0.507 e. The SMILES string of the molecule is CC(=NC(=O)c1ccc(C)cc1O)N(C)C. The molecule has 0 fully saturated rings. The van der Waals surface area contributed by atoms with Crippen LogP contribution in [0.25, 0.3) is 0 Å². The first-order valence-corrected chi connectivity index (χ1v) is 4.98. The number of hydrogen-bond donors (Lipinski definition) is 1. The van der Waals surface area contributed by atoms with E-state index >= 15 is 0 Å². The molecular formula is C12H16N2O2. The van der Waals surface area contributed by atoms with Gasteiger partial charge in [0.25, 0.3) is 5.91 Å². The second kappa shape index (κ2) is 4.79. The van der Waals surface area contributed by atoms with Gasteiger partial charge in [-0.1, -0.05) is 6.07 Å². The second-order valence-corrected chi connectivity index (χ2v) is 3.88. The molecule has 0 aliphatic rings. The van der Waals surface area contributed by atoms with Crippen molar-refractivity contribution in [3.63, 3.8) is 0 Å². The molecule has 0 atom stereocenters. The van der Waals surface area contributed by atoms with Gasteiger partial charge in [-0.3, -0.25) is 4.79 Å². The Kier molecular flexibility index (Phi) is 3.66. The summed E-state index contributed by atoms with van der Waals surface area (Å²) in [6, 6.07) is 4.90. The highest BCUT2D eigenvalue weighted by Gasteiger charge is 2.10. The first-order chi connectivity index (χ1) is 7.41. The predicted molar refractivity (Wildman–Crippen MR) is 64.0 cm³/mol. The van der Waals surface area contributed by atoms with Crippen LogP contribution in [0.15, 0.2) is 23.2 Å². The standard InChI is InChI=1S/C12H16N2O2/c1-8-5-6-10(11(15)7-8)12(16)13-9(2)14(3)4/h5-7,15H,1-4H3. The third kappa shape index (κ3) is 2.82. The van der Waals surface area contributed by atoms with E-state index in [-0.39, 0.29) is 11.3 Å². The van der Waals surface area contributed by atoms with Crippen LogP contribution in [0, 0.1) is 6.92 Å². The van der Waals surface area contributed by atoms with Gasteiger partial charge in [-0.15, -0.1) is 0 Å². The van der Waals surface area contributed by atoms with Crippen LogP contribution in [0.4, 0.5) is 0 Å². The molecular weight excluding hydrogens is 204 g/mol. The number of carbonyl (C=O) groups excluding carboxylic acids is 1. The summed E-state index contributed by atoms with van der Waals surface area (Å²) < 4.78 is 0. The molecule has 16 heavy (non-hydrogen) atoms. The van der Waals surface area contributed by atoms with Gasteiger partial charge in [0, 0.05) is 14.1 Å². The molecule has 0 aliphatic carbocycles. The van der Waals surface area contributed by atoms with E-state index in [2.05, 4.69) is 4.99 Å². The number of phenols is 1. The smallest absolute Gasteiger partial charge is 0.282 e. The molecule has 0 saturated heterocycles. The summed E-state index contributed by atoms with van der Waals surface area (Å²) in [5.74, 6) is 0.147. The third-order valence-corrected chi connectivity index (χ3v) is 2.29. The molecule has 86 valence electrons. The van der Waals surface area contributed by atoms with Crippen molar-refractivity contribution in [3.8, 4) is 5.75 Å². The van der Waals surface area contributed by atoms with Crippen molar-refractivity contribution >= 4 is 11.7 Å². The molecule has 4 heteroatoms. The Labute approximate surface area is 95.2 Å². The molecule has 0 bridgehead atoms. The van der Waals surface area contributed by atoms with Crippen LogP contribution in [-0.4, -0.2) is 35.8 Å². The summed E-state index contributed by atoms with van der Waals surface area (Å²) in [5.41, 5.74) is 1.13. The lowest BCUT2D eigenvalue weighted by atomic mass is 10.1. The van der Waals surface area contributed by atoms with Crippen LogP contribution in [-0.2, 0) is 0 Å². The zero-order valence-electron chi connectivity index (χ0n) is 9.98. The zero-order valence-corrected chi connectivity index (χ0v) is 9.98. The maximum atomic E-state index is 11.7. The van der Waals surface area contributed by atoms with E-state index in [9.17, 15) is 9.90 Å². The minimum atomic E-state index is -0.427. The van der Waals surface area contributed by atoms with Crippen LogP contribution in [0.2, 0.25) is 0 Å². The topological polar surface area (TPSA) is 52.9 Å². The average molecular weight is 220 g/mol. The van der Waals surface area contributed by atoms with E-state index in [0.717, 1.165) is 5.56 Å². The van der Waals surface area contributed by atoms with Gasteiger partial charge in [0.05, 0.1) is 5.56 Å². The summed E-state index contributed by atoms with van der Waals surface area (Å²) in [6.07, 6.45) is 0. The monoisotopic (exact) mass is 220 g/mol. The number of nitrogens with zero attached hydrogens (tertiary/aromatic N) is 2. The van der Waals surface area contributed by atoms with Gasteiger partial charge in [0.1, 0.15) is 11.6 Å². The van der Waals surface area contributed by atoms with Gasteiger partial charge >= 0.3 is 0 Å². The number of rotatable bonds is 1. The van der Waals surface area contributed by atoms with Crippen molar-refractivity contribution < 1.29 is 9.90 Å². The van der Waals surface area contributed by atoms with E-state index < -0.39 is 5.91 Å². The predicted octanol–water partition coefficient (Wildman–Crippen LogP) is 1.82. The van der Waals surface area contributed by atoms with Gasteiger partial charge in [0.15, 0.2) is 0 Å². The fourth-order valence-corrected chi connectivity index (χ4v) is 1.13. The molecule has 0 heterocycles. The van der Waals surface area contributed by atoms with Crippen LogP contribution in [0.3, 0.4) is 0 Å². The van der Waals surface area contributed by atoms with Crippen molar-refractivity contribution in [1.29, 1.82) is 0 Å². The van der Waals surface area contributed by atoms with E-state index in [1.165, 1.54) is 0 Å². The Morgan fingerprint density at radius 3 is 2.50 bits per heavy atom. The average Bonchev–Trinajstić information content (AvgIpc) is 2.16. The fraction of sp³-hybridized carbons (Fsp3) is 0.333. The summed E-state index contributed by atoms with van der Waals surface area (Å²) in [6.45, 7) is 3.59. The number of amides is 1. The Balaban J connectivity index is 3.02. The largest absolute Gasteiger partial charge is 0.507 e. The highest BCUT2D eigenvalue weighted by Crippen LogP contribution is 2.19. The number of aromatic hydroxyl groups is 1. The molecule has 1 N–H and O–H groups in total. The lowest BCUT2D eigenvalue weighted by Crippen LogP contribution is -2.19. The molecule has 0 radical (unpaired) electrons. The second-order valence-electron chi connectivity index (χ2n) is 3.88. The summed E-state index contributed by atoms with van der Waals surface area (Å²) in [7, 11) is 3.61. The van der Waals surface area contributed by atoms with Gasteiger partial charge in [0.2, 0.25) is 0 Å². The van der Waals surface area contributed by atoms with E-state index in [4.69, 9.17) is 0 Å². The molecule has 0 aromatic heterocycles. The first kappa shape index (κ1) is 12.2. The van der Waals surface area contributed by atoms with E-state index in [0.29, 0.717) is 5.84 Å². The lowest BCUT2D eigenvalue weighted by molar-refractivity contribution is 0.0999. The molecule has 1 amide bonds. The quantitative estimate of drug-likeness (QED) is 0.580. The van der Waals surface area contributed by atoms with Gasteiger partial charge < -0.3 is 10.0 Å². The maximum Gasteiger partial charge on any atom is 0.282 e. The van der Waals surface area contributed by atoms with Crippen LogP contribution < -0.4 is 0 Å². The Morgan fingerprint density at radius 2 is 2.00 bits per heavy atom. The first-order valence-electron chi connectivity index (χ1n) is 4.98. The third-order valence-electron chi connectivity index (χ3n) is 2.29. The van der Waals surface area contributed by atoms with Crippen molar-refractivity contribution in [3.05, 3.63) is 29.3 Å². The van der Waals surface area contributed by atoms with Crippen molar-refractivity contribution in [2.24, 2.45) is 4.99 Å². The summed E-state index contributed by atoms with van der Waals surface area (Å²) in [5, 5.41) is 9.61. The number of phenolic OH excluding ortho intramolecular Hbond substituents is 1. The Bertz CT molecular complexity index is 437. The molecule has 0 saturated carbocycles. The zero-order chi connectivity index (χ0) is 12.3. The van der Waals surface area contributed by atoms with Crippen molar-refractivity contribution in [1.82, 2.24) is 4.90 Å². The van der Waals surface area contributed by atoms with Crippen molar-refractivity contribution in [2.75, 3.05) is 14.1 Å². The highest BCUT2D eigenvalue weighted by molar-refractivity contribution is 6.04. The summed E-state index contributed by atoms with van der Waals surface area (Å²) >= 11 is 0. The lowest BCUT2D eigenvalue weighted by Gasteiger charge is -2.10. The maximum absolute atomic E-state index is 11.7. The van der Waals surface area contributed by atoms with Crippen LogP contribution in [0.5, 0.6) is 5.75 Å². The Hall–Kier alpha value is -1.84. The normalized spacial score (nSPS) is 11.4. The van der Waals surface area contributed by atoms with Crippen LogP contribution in [0.1, 0.15) is 22.8 Å². The number of amidine groups is 1. The highest BCUT2D eigenvalue weighted by atomic mass is 16.3. The molecule has 1 aromatic carbocycles. The number of benzene rings is 1. The van der Waals surface area contributed by atoms with E-state index in [1.807, 2.05) is 6.92 Å². The van der Waals surface area contributed by atoms with E-state index in [1.54, 1.807) is 44.1 Å². The van der Waals surface area contributed by atoms with Crippen LogP contribution >= 0.6 is 0 Å². The molecule has 1 rings (SSSR count). The number of carbonyl (C=O) groups is 1. The number of aliphatic imine (C=N–C) groups is 1. The summed E-state index contributed by atoms with van der Waals surface area (Å²) in [4.78, 5) is 17.3. The molecule has 0 aliphatic heterocycles. The van der Waals surface area contributed by atoms with Gasteiger partial charge in [-0.25, -0.2) is 0 Å². The fourth-order valence-electron chi connectivity index (χ4n) is 1.13. The molecule has 0 unspecified atom stereocenters. The van der Waals surface area contributed by atoms with Gasteiger partial charge in [-0.2, -0.15) is 4.99 Å². The Morgan fingerprint density at radius 1 is 1.38 bits per heavy atom. The number of aryl methyl sites for hydroxylation is 1. The molecule has 0 spiro atoms. The number of hydrogen-bond acceptors (Lipinski definition) is 2. The van der Waals surface area contributed by atoms with Crippen molar-refractivity contribution in [2.45, 2.75) is 13.8 Å². The minimum absolute atomic E-state index is 0.0275. The van der Waals surface area contributed by atoms with Gasteiger partial charge in [-0.05, 0) is 31.5 Å². The molecule has 4 nitrogen and oxygen atoms in total.